The van der Waals surface area contributed by atoms with Crippen molar-refractivity contribution in [3.05, 3.63) is 30.1 Å². The van der Waals surface area contributed by atoms with E-state index in [-0.39, 0.29) is 0 Å². The standard InChI is InChI=1S/C14H18N4/c1-14(2)8-9(14)12-11(13(15)18(3)17-12)10-6-4-5-7-16-10/h4-7,9H,8,15H2,1-3H3. The van der Waals surface area contributed by atoms with Crippen molar-refractivity contribution in [1.29, 1.82) is 0 Å². The van der Waals surface area contributed by atoms with E-state index >= 15 is 0 Å². The summed E-state index contributed by atoms with van der Waals surface area (Å²) in [5.74, 6) is 1.20. The van der Waals surface area contributed by atoms with Gasteiger partial charge in [0.2, 0.25) is 0 Å². The number of nitrogens with zero attached hydrogens (tertiary/aromatic N) is 3. The second kappa shape index (κ2) is 3.57. The Bertz CT molecular complexity index is 583. The van der Waals surface area contributed by atoms with E-state index in [0.29, 0.717) is 17.2 Å². The number of hydrogen-bond donors (Lipinski definition) is 1. The summed E-state index contributed by atoms with van der Waals surface area (Å²) in [6.45, 7) is 4.54. The number of hydrogen-bond acceptors (Lipinski definition) is 3. The van der Waals surface area contributed by atoms with E-state index in [9.17, 15) is 0 Å². The van der Waals surface area contributed by atoms with Gasteiger partial charge in [-0.25, -0.2) is 0 Å². The molecule has 2 heterocycles. The Morgan fingerprint density at radius 3 is 2.67 bits per heavy atom. The molecule has 1 atom stereocenters. The zero-order chi connectivity index (χ0) is 12.9. The molecule has 1 saturated carbocycles. The molecule has 3 rings (SSSR count). The van der Waals surface area contributed by atoms with Crippen LogP contribution in [0.15, 0.2) is 24.4 Å². The van der Waals surface area contributed by atoms with Gasteiger partial charge in [0.25, 0.3) is 0 Å². The molecule has 0 spiro atoms. The average molecular weight is 242 g/mol. The Balaban J connectivity index is 2.14. The Morgan fingerprint density at radius 2 is 2.11 bits per heavy atom. The lowest BCUT2D eigenvalue weighted by Gasteiger charge is -2.04. The third-order valence-corrected chi connectivity index (χ3v) is 3.88. The van der Waals surface area contributed by atoms with E-state index in [4.69, 9.17) is 5.73 Å². The van der Waals surface area contributed by atoms with E-state index in [1.54, 1.807) is 10.9 Å². The normalized spacial score (nSPS) is 20.9. The lowest BCUT2D eigenvalue weighted by atomic mass is 10.0. The fourth-order valence-corrected chi connectivity index (χ4v) is 2.51. The van der Waals surface area contributed by atoms with Crippen molar-refractivity contribution in [3.8, 4) is 11.3 Å². The summed E-state index contributed by atoms with van der Waals surface area (Å²) in [5.41, 5.74) is 9.51. The van der Waals surface area contributed by atoms with Crippen molar-refractivity contribution in [2.24, 2.45) is 12.5 Å². The minimum atomic E-state index is 0.338. The first-order valence-electron chi connectivity index (χ1n) is 6.24. The number of nitrogens with two attached hydrogens (primary N) is 1. The monoisotopic (exact) mass is 242 g/mol. The van der Waals surface area contributed by atoms with Crippen molar-refractivity contribution >= 4 is 5.82 Å². The van der Waals surface area contributed by atoms with Crippen molar-refractivity contribution < 1.29 is 0 Å². The van der Waals surface area contributed by atoms with Gasteiger partial charge in [-0.05, 0) is 24.0 Å². The lowest BCUT2D eigenvalue weighted by molar-refractivity contribution is 0.609. The molecule has 2 N–H and O–H groups in total. The van der Waals surface area contributed by atoms with E-state index in [0.717, 1.165) is 17.0 Å². The van der Waals surface area contributed by atoms with Gasteiger partial charge >= 0.3 is 0 Å². The van der Waals surface area contributed by atoms with Gasteiger partial charge in [-0.3, -0.25) is 9.67 Å². The number of aromatic nitrogens is 3. The molecule has 0 amide bonds. The third-order valence-electron chi connectivity index (χ3n) is 3.88. The number of anilines is 1. The number of nitrogen functional groups attached to an aromatic ring is 1. The van der Waals surface area contributed by atoms with Crippen LogP contribution in [0.5, 0.6) is 0 Å². The summed E-state index contributed by atoms with van der Waals surface area (Å²) in [6.07, 6.45) is 2.97. The van der Waals surface area contributed by atoms with Crippen LogP contribution >= 0.6 is 0 Å². The summed E-state index contributed by atoms with van der Waals surface area (Å²) in [7, 11) is 1.89. The average Bonchev–Trinajstić information content (AvgIpc) is 2.87. The molecule has 94 valence electrons. The Labute approximate surface area is 107 Å². The molecule has 1 aliphatic rings. The molecule has 1 aliphatic carbocycles. The minimum Gasteiger partial charge on any atom is -0.383 e. The zero-order valence-corrected chi connectivity index (χ0v) is 11.0. The Morgan fingerprint density at radius 1 is 1.39 bits per heavy atom. The molecular weight excluding hydrogens is 224 g/mol. The number of rotatable bonds is 2. The molecule has 0 bridgehead atoms. The number of aryl methyl sites for hydroxylation is 1. The molecule has 0 aromatic carbocycles. The van der Waals surface area contributed by atoms with Gasteiger partial charge in [0, 0.05) is 19.2 Å². The predicted molar refractivity (Wildman–Crippen MR) is 72.0 cm³/mol. The van der Waals surface area contributed by atoms with Crippen LogP contribution < -0.4 is 5.73 Å². The Hall–Kier alpha value is -1.84. The molecule has 1 unspecified atom stereocenters. The van der Waals surface area contributed by atoms with Crippen LogP contribution in [-0.4, -0.2) is 14.8 Å². The van der Waals surface area contributed by atoms with Gasteiger partial charge in [-0.15, -0.1) is 0 Å². The Kier molecular flexibility index (Phi) is 2.24. The largest absolute Gasteiger partial charge is 0.383 e. The molecule has 2 aromatic rings. The van der Waals surface area contributed by atoms with Crippen LogP contribution in [-0.2, 0) is 7.05 Å². The van der Waals surface area contributed by atoms with E-state index in [2.05, 4.69) is 23.9 Å². The molecule has 1 fully saturated rings. The third kappa shape index (κ3) is 1.60. The predicted octanol–water partition coefficient (Wildman–Crippen LogP) is 2.58. The maximum absolute atomic E-state index is 6.15. The minimum absolute atomic E-state index is 0.338. The summed E-state index contributed by atoms with van der Waals surface area (Å²) in [4.78, 5) is 4.41. The van der Waals surface area contributed by atoms with Crippen LogP contribution in [0.2, 0.25) is 0 Å². The highest BCUT2D eigenvalue weighted by atomic mass is 15.3. The molecular formula is C14H18N4. The van der Waals surface area contributed by atoms with Crippen LogP contribution in [0.3, 0.4) is 0 Å². The lowest BCUT2D eigenvalue weighted by Crippen LogP contribution is -1.98. The fraction of sp³-hybridized carbons (Fsp3) is 0.429. The summed E-state index contributed by atoms with van der Waals surface area (Å²) in [5, 5.41) is 4.60. The van der Waals surface area contributed by atoms with Gasteiger partial charge < -0.3 is 5.73 Å². The first kappa shape index (κ1) is 11.3. The molecule has 0 radical (unpaired) electrons. The van der Waals surface area contributed by atoms with Gasteiger partial charge in [-0.1, -0.05) is 19.9 Å². The van der Waals surface area contributed by atoms with Crippen LogP contribution in [0.4, 0.5) is 5.82 Å². The smallest absolute Gasteiger partial charge is 0.131 e. The first-order valence-corrected chi connectivity index (χ1v) is 6.24. The van der Waals surface area contributed by atoms with Crippen molar-refractivity contribution in [2.75, 3.05) is 5.73 Å². The van der Waals surface area contributed by atoms with E-state index < -0.39 is 0 Å². The van der Waals surface area contributed by atoms with Gasteiger partial charge in [0.05, 0.1) is 17.0 Å². The molecule has 0 saturated heterocycles. The highest BCUT2D eigenvalue weighted by Crippen LogP contribution is 2.60. The summed E-state index contributed by atoms with van der Waals surface area (Å²) in [6, 6.07) is 5.89. The summed E-state index contributed by atoms with van der Waals surface area (Å²) < 4.78 is 1.76. The van der Waals surface area contributed by atoms with Gasteiger partial charge in [-0.2, -0.15) is 5.10 Å². The highest BCUT2D eigenvalue weighted by molar-refractivity contribution is 5.75. The second-order valence-corrected chi connectivity index (χ2v) is 5.73. The maximum Gasteiger partial charge on any atom is 0.131 e. The van der Waals surface area contributed by atoms with E-state index in [1.165, 1.54) is 6.42 Å². The fourth-order valence-electron chi connectivity index (χ4n) is 2.51. The molecule has 18 heavy (non-hydrogen) atoms. The molecule has 0 aliphatic heterocycles. The van der Waals surface area contributed by atoms with Crippen LogP contribution in [0.1, 0.15) is 31.9 Å². The first-order chi connectivity index (χ1) is 8.50. The summed E-state index contributed by atoms with van der Waals surface area (Å²) >= 11 is 0. The molecule has 4 nitrogen and oxygen atoms in total. The van der Waals surface area contributed by atoms with Crippen LogP contribution in [0, 0.1) is 5.41 Å². The van der Waals surface area contributed by atoms with Crippen molar-refractivity contribution in [1.82, 2.24) is 14.8 Å². The SMILES string of the molecule is Cn1nc(C2CC2(C)C)c(-c2ccccn2)c1N. The molecule has 2 aromatic heterocycles. The maximum atomic E-state index is 6.15. The van der Waals surface area contributed by atoms with E-state index in [1.807, 2.05) is 25.2 Å². The highest BCUT2D eigenvalue weighted by Gasteiger charge is 2.49. The van der Waals surface area contributed by atoms with Gasteiger partial charge in [0.1, 0.15) is 5.82 Å². The van der Waals surface area contributed by atoms with Crippen molar-refractivity contribution in [3.63, 3.8) is 0 Å². The van der Waals surface area contributed by atoms with Crippen molar-refractivity contribution in [2.45, 2.75) is 26.2 Å². The van der Waals surface area contributed by atoms with Crippen LogP contribution in [0.25, 0.3) is 11.3 Å². The molecule has 4 heteroatoms. The zero-order valence-electron chi connectivity index (χ0n) is 11.0. The van der Waals surface area contributed by atoms with Gasteiger partial charge in [0.15, 0.2) is 0 Å². The number of pyridine rings is 1. The second-order valence-electron chi connectivity index (χ2n) is 5.73. The quantitative estimate of drug-likeness (QED) is 0.880. The topological polar surface area (TPSA) is 56.7 Å².